The molecule has 0 unspecified atom stereocenters. The van der Waals surface area contributed by atoms with E-state index in [4.69, 9.17) is 9.47 Å². The predicted molar refractivity (Wildman–Crippen MR) is 75.3 cm³/mol. The summed E-state index contributed by atoms with van der Waals surface area (Å²) in [6.45, 7) is 11.9. The highest BCUT2D eigenvalue weighted by Gasteiger charge is 2.49. The molecule has 19 heavy (non-hydrogen) atoms. The second-order valence-electron chi connectivity index (χ2n) is 6.16. The minimum Gasteiger partial charge on any atom is -0.444 e. The van der Waals surface area contributed by atoms with Gasteiger partial charge < -0.3 is 20.1 Å². The smallest absolute Gasteiger partial charge is 0.408 e. The van der Waals surface area contributed by atoms with Gasteiger partial charge in [0, 0.05) is 19.2 Å². The third-order valence-corrected chi connectivity index (χ3v) is 3.27. The maximum Gasteiger partial charge on any atom is 0.408 e. The normalized spacial score (nSPS) is 18.8. The summed E-state index contributed by atoms with van der Waals surface area (Å²) < 4.78 is 10.6. The molecule has 112 valence electrons. The van der Waals surface area contributed by atoms with Crippen molar-refractivity contribution in [3.05, 3.63) is 0 Å². The summed E-state index contributed by atoms with van der Waals surface area (Å²) in [5, 5.41) is 6.39. The van der Waals surface area contributed by atoms with Gasteiger partial charge in [-0.3, -0.25) is 0 Å². The van der Waals surface area contributed by atoms with E-state index in [0.717, 1.165) is 26.0 Å². The lowest BCUT2D eigenvalue weighted by Crippen LogP contribution is -2.52. The van der Waals surface area contributed by atoms with Crippen LogP contribution >= 0.6 is 0 Å². The highest BCUT2D eigenvalue weighted by atomic mass is 16.6. The van der Waals surface area contributed by atoms with E-state index >= 15 is 0 Å². The fraction of sp³-hybridized carbons (Fsp3) is 0.929. The molecular weight excluding hydrogens is 244 g/mol. The summed E-state index contributed by atoms with van der Waals surface area (Å²) in [7, 11) is 0. The summed E-state index contributed by atoms with van der Waals surface area (Å²) in [6.07, 6.45) is 1.66. The number of hydrogen-bond donors (Lipinski definition) is 2. The van der Waals surface area contributed by atoms with Crippen LogP contribution in [-0.4, -0.2) is 43.0 Å². The van der Waals surface area contributed by atoms with Crippen LogP contribution < -0.4 is 10.6 Å². The molecule has 1 atom stereocenters. The van der Waals surface area contributed by atoms with Gasteiger partial charge in [0.25, 0.3) is 0 Å². The summed E-state index contributed by atoms with van der Waals surface area (Å²) in [4.78, 5) is 11.8. The molecule has 5 heteroatoms. The molecule has 0 aromatic carbocycles. The molecular formula is C14H28N2O3. The van der Waals surface area contributed by atoms with Crippen molar-refractivity contribution < 1.29 is 14.3 Å². The summed E-state index contributed by atoms with van der Waals surface area (Å²) >= 11 is 0. The average molecular weight is 272 g/mol. The molecule has 2 N–H and O–H groups in total. The lowest BCUT2D eigenvalue weighted by atomic mass is 10.1. The zero-order chi connectivity index (χ0) is 14.5. The molecule has 5 nitrogen and oxygen atoms in total. The molecule has 1 saturated carbocycles. The van der Waals surface area contributed by atoms with Crippen LogP contribution in [0.5, 0.6) is 0 Å². The van der Waals surface area contributed by atoms with E-state index in [1.807, 2.05) is 27.7 Å². The summed E-state index contributed by atoms with van der Waals surface area (Å²) in [5.74, 6) is 0. The topological polar surface area (TPSA) is 59.6 Å². The first-order valence-electron chi connectivity index (χ1n) is 7.11. The number of hydrogen-bond acceptors (Lipinski definition) is 4. The lowest BCUT2D eigenvalue weighted by Gasteiger charge is -2.28. The van der Waals surface area contributed by atoms with Gasteiger partial charge in [-0.2, -0.15) is 0 Å². The average Bonchev–Trinajstić information content (AvgIpc) is 3.02. The van der Waals surface area contributed by atoms with Crippen LogP contribution in [0.25, 0.3) is 0 Å². The van der Waals surface area contributed by atoms with Crippen molar-refractivity contribution >= 4 is 6.09 Å². The monoisotopic (exact) mass is 272 g/mol. The molecule has 0 saturated heterocycles. The first kappa shape index (κ1) is 16.2. The van der Waals surface area contributed by atoms with Gasteiger partial charge in [0.15, 0.2) is 0 Å². The van der Waals surface area contributed by atoms with Crippen LogP contribution in [0, 0.1) is 0 Å². The molecule has 0 bridgehead atoms. The Morgan fingerprint density at radius 2 is 2.00 bits per heavy atom. The third kappa shape index (κ3) is 5.78. The van der Waals surface area contributed by atoms with Crippen LogP contribution in [0.4, 0.5) is 4.79 Å². The van der Waals surface area contributed by atoms with Gasteiger partial charge >= 0.3 is 6.09 Å². The Labute approximate surface area is 116 Å². The van der Waals surface area contributed by atoms with Gasteiger partial charge in [-0.1, -0.05) is 0 Å². The Kier molecular flexibility index (Phi) is 5.62. The van der Waals surface area contributed by atoms with Crippen molar-refractivity contribution in [2.45, 2.75) is 64.6 Å². The van der Waals surface area contributed by atoms with Crippen molar-refractivity contribution in [3.8, 4) is 0 Å². The van der Waals surface area contributed by atoms with Crippen molar-refractivity contribution in [1.82, 2.24) is 10.6 Å². The number of carbonyl (C=O) groups is 1. The van der Waals surface area contributed by atoms with Gasteiger partial charge in [0.2, 0.25) is 0 Å². The van der Waals surface area contributed by atoms with Gasteiger partial charge in [-0.25, -0.2) is 4.79 Å². The fourth-order valence-electron chi connectivity index (χ4n) is 2.00. The van der Waals surface area contributed by atoms with Crippen LogP contribution in [0.2, 0.25) is 0 Å². The van der Waals surface area contributed by atoms with E-state index in [1.54, 1.807) is 0 Å². The number of rotatable bonds is 7. The van der Waals surface area contributed by atoms with E-state index in [1.165, 1.54) is 0 Å². The highest BCUT2D eigenvalue weighted by molar-refractivity contribution is 5.69. The Morgan fingerprint density at radius 1 is 1.37 bits per heavy atom. The molecule has 0 aromatic rings. The zero-order valence-electron chi connectivity index (χ0n) is 12.8. The standard InChI is InChI=1S/C14H28N2O3/c1-6-18-10-9-15-11(2)14(7-8-14)16-12(17)19-13(3,4)5/h11,15H,6-10H2,1-5H3,(H,16,17)/t11-/m0/s1. The molecule has 0 spiro atoms. The minimum atomic E-state index is -0.453. The van der Waals surface area contributed by atoms with Crippen LogP contribution in [0.15, 0.2) is 0 Å². The summed E-state index contributed by atoms with van der Waals surface area (Å²) in [6, 6.07) is 0.223. The Hall–Kier alpha value is -0.810. The molecule has 1 amide bonds. The predicted octanol–water partition coefficient (Wildman–Crippen LogP) is 2.06. The second-order valence-corrected chi connectivity index (χ2v) is 6.16. The Balaban J connectivity index is 2.33. The maximum atomic E-state index is 11.8. The number of nitrogens with one attached hydrogen (secondary N) is 2. The van der Waals surface area contributed by atoms with E-state index in [9.17, 15) is 4.79 Å². The number of amides is 1. The molecule has 0 aliphatic heterocycles. The largest absolute Gasteiger partial charge is 0.444 e. The molecule has 0 heterocycles. The molecule has 1 aliphatic carbocycles. The SMILES string of the molecule is CCOCCN[C@@H](C)C1(NC(=O)OC(C)(C)C)CC1. The van der Waals surface area contributed by atoms with E-state index in [2.05, 4.69) is 17.6 Å². The first-order chi connectivity index (χ1) is 8.79. The molecule has 1 fully saturated rings. The van der Waals surface area contributed by atoms with Gasteiger partial charge in [-0.15, -0.1) is 0 Å². The first-order valence-corrected chi connectivity index (χ1v) is 7.11. The zero-order valence-corrected chi connectivity index (χ0v) is 12.8. The Morgan fingerprint density at radius 3 is 2.47 bits per heavy atom. The lowest BCUT2D eigenvalue weighted by molar-refractivity contribution is 0.0483. The van der Waals surface area contributed by atoms with Crippen molar-refractivity contribution in [3.63, 3.8) is 0 Å². The molecule has 0 aromatic heterocycles. The van der Waals surface area contributed by atoms with Crippen LogP contribution in [0.3, 0.4) is 0 Å². The van der Waals surface area contributed by atoms with E-state index in [0.29, 0.717) is 6.61 Å². The maximum absolute atomic E-state index is 11.8. The van der Waals surface area contributed by atoms with E-state index < -0.39 is 5.60 Å². The minimum absolute atomic E-state index is 0.144. The van der Waals surface area contributed by atoms with Crippen molar-refractivity contribution in [2.24, 2.45) is 0 Å². The number of carbonyl (C=O) groups excluding carboxylic acids is 1. The third-order valence-electron chi connectivity index (χ3n) is 3.27. The fourth-order valence-corrected chi connectivity index (χ4v) is 2.00. The van der Waals surface area contributed by atoms with Gasteiger partial charge in [0.1, 0.15) is 5.60 Å². The summed E-state index contributed by atoms with van der Waals surface area (Å²) in [5.41, 5.74) is -0.597. The number of alkyl carbamates (subject to hydrolysis) is 1. The second kappa shape index (κ2) is 6.57. The van der Waals surface area contributed by atoms with Gasteiger partial charge in [0.05, 0.1) is 12.1 Å². The molecule has 1 aliphatic rings. The molecule has 0 radical (unpaired) electrons. The highest BCUT2D eigenvalue weighted by Crippen LogP contribution is 2.38. The molecule has 1 rings (SSSR count). The van der Waals surface area contributed by atoms with Crippen LogP contribution in [-0.2, 0) is 9.47 Å². The van der Waals surface area contributed by atoms with E-state index in [-0.39, 0.29) is 17.7 Å². The quantitative estimate of drug-likeness (QED) is 0.696. The Bertz CT molecular complexity index is 296. The van der Waals surface area contributed by atoms with Crippen molar-refractivity contribution in [1.29, 1.82) is 0 Å². The van der Waals surface area contributed by atoms with Gasteiger partial charge in [-0.05, 0) is 47.5 Å². The number of ether oxygens (including phenoxy) is 2. The van der Waals surface area contributed by atoms with Crippen molar-refractivity contribution in [2.75, 3.05) is 19.8 Å². The van der Waals surface area contributed by atoms with Crippen LogP contribution in [0.1, 0.15) is 47.5 Å².